The van der Waals surface area contributed by atoms with Crippen LogP contribution in [0.5, 0.6) is 0 Å². The first-order valence-electron chi connectivity index (χ1n) is 6.71. The molecule has 0 saturated carbocycles. The maximum absolute atomic E-state index is 3.44. The fourth-order valence-electron chi connectivity index (χ4n) is 2.50. The van der Waals surface area contributed by atoms with Crippen LogP contribution in [0.1, 0.15) is 37.1 Å². The molecule has 1 fully saturated rings. The molecule has 2 rings (SSSR count). The Bertz CT molecular complexity index is 310. The minimum Gasteiger partial charge on any atom is -0.317 e. The number of thiophene rings is 1. The molecule has 2 nitrogen and oxygen atoms in total. The van der Waals surface area contributed by atoms with Crippen LogP contribution in [0.3, 0.4) is 0 Å². The lowest BCUT2D eigenvalue weighted by Gasteiger charge is -2.28. The van der Waals surface area contributed by atoms with E-state index in [2.05, 4.69) is 41.7 Å². The summed E-state index contributed by atoms with van der Waals surface area (Å²) in [4.78, 5) is 3.98. The molecule has 2 heterocycles. The van der Waals surface area contributed by atoms with E-state index in [1.807, 2.05) is 11.3 Å². The van der Waals surface area contributed by atoms with Crippen molar-refractivity contribution in [3.63, 3.8) is 0 Å². The van der Waals surface area contributed by atoms with Gasteiger partial charge in [0.25, 0.3) is 0 Å². The Balaban J connectivity index is 0.00000162. The zero-order valence-electron chi connectivity index (χ0n) is 11.4. The van der Waals surface area contributed by atoms with E-state index in [1.54, 1.807) is 0 Å². The van der Waals surface area contributed by atoms with Gasteiger partial charge in [0.15, 0.2) is 0 Å². The second-order valence-corrected chi connectivity index (χ2v) is 6.13. The zero-order chi connectivity index (χ0) is 12.1. The second-order valence-electron chi connectivity index (χ2n) is 5.15. The van der Waals surface area contributed by atoms with Gasteiger partial charge in [-0.05, 0) is 70.2 Å². The van der Waals surface area contributed by atoms with E-state index in [1.165, 1.54) is 43.8 Å². The van der Waals surface area contributed by atoms with Gasteiger partial charge < -0.3 is 5.32 Å². The van der Waals surface area contributed by atoms with Gasteiger partial charge in [0, 0.05) is 10.9 Å². The van der Waals surface area contributed by atoms with Crippen LogP contribution in [-0.2, 0) is 0 Å². The molecule has 4 heteroatoms. The Labute approximate surface area is 121 Å². The van der Waals surface area contributed by atoms with Gasteiger partial charge in [0.1, 0.15) is 0 Å². The molecule has 18 heavy (non-hydrogen) atoms. The minimum atomic E-state index is 0. The summed E-state index contributed by atoms with van der Waals surface area (Å²) in [6.45, 7) is 5.97. The summed E-state index contributed by atoms with van der Waals surface area (Å²) >= 11 is 1.87. The molecule has 1 aromatic heterocycles. The molecule has 1 aromatic rings. The quantitative estimate of drug-likeness (QED) is 0.891. The number of nitrogens with one attached hydrogen (secondary N) is 1. The van der Waals surface area contributed by atoms with Crippen molar-refractivity contribution < 1.29 is 0 Å². The van der Waals surface area contributed by atoms with Crippen LogP contribution in [0, 0.1) is 5.92 Å². The summed E-state index contributed by atoms with van der Waals surface area (Å²) < 4.78 is 0. The summed E-state index contributed by atoms with van der Waals surface area (Å²) in [5.41, 5.74) is 0. The SMILES string of the molecule is CC(c1cccs1)N(C)CCC1CCNCC1.Cl. The Morgan fingerprint density at radius 2 is 2.17 bits per heavy atom. The first-order chi connectivity index (χ1) is 8.27. The van der Waals surface area contributed by atoms with Crippen molar-refractivity contribution in [3.05, 3.63) is 22.4 Å². The van der Waals surface area contributed by atoms with Crippen LogP contribution < -0.4 is 5.32 Å². The zero-order valence-corrected chi connectivity index (χ0v) is 13.0. The Kier molecular flexibility index (Phi) is 7.23. The standard InChI is InChI=1S/C14H24N2S.ClH/c1-12(14-4-3-11-17-14)16(2)10-7-13-5-8-15-9-6-13;/h3-4,11-13,15H,5-10H2,1-2H3;1H. The molecule has 1 unspecified atom stereocenters. The highest BCUT2D eigenvalue weighted by Gasteiger charge is 2.16. The highest BCUT2D eigenvalue weighted by Crippen LogP contribution is 2.24. The summed E-state index contributed by atoms with van der Waals surface area (Å²) in [6, 6.07) is 4.96. The molecule has 0 radical (unpaired) electrons. The molecule has 0 bridgehead atoms. The van der Waals surface area contributed by atoms with E-state index in [-0.39, 0.29) is 12.4 Å². The molecule has 104 valence electrons. The molecule has 1 saturated heterocycles. The van der Waals surface area contributed by atoms with E-state index in [0.717, 1.165) is 5.92 Å². The van der Waals surface area contributed by atoms with Crippen molar-refractivity contribution in [2.75, 3.05) is 26.7 Å². The van der Waals surface area contributed by atoms with E-state index >= 15 is 0 Å². The molecule has 0 aliphatic carbocycles. The minimum absolute atomic E-state index is 0. The topological polar surface area (TPSA) is 15.3 Å². The lowest BCUT2D eigenvalue weighted by atomic mass is 9.94. The second kappa shape index (κ2) is 8.16. The van der Waals surface area contributed by atoms with Gasteiger partial charge in [-0.15, -0.1) is 23.7 Å². The maximum Gasteiger partial charge on any atom is 0.0410 e. The molecule has 0 spiro atoms. The largest absolute Gasteiger partial charge is 0.317 e. The van der Waals surface area contributed by atoms with Gasteiger partial charge in [-0.1, -0.05) is 6.07 Å². The predicted molar refractivity (Wildman–Crippen MR) is 82.8 cm³/mol. The lowest BCUT2D eigenvalue weighted by Crippen LogP contribution is -2.31. The highest BCUT2D eigenvalue weighted by molar-refractivity contribution is 7.10. The van der Waals surface area contributed by atoms with Crippen molar-refractivity contribution in [2.24, 2.45) is 5.92 Å². The molecule has 1 N–H and O–H groups in total. The molecule has 1 aliphatic heterocycles. The van der Waals surface area contributed by atoms with Gasteiger partial charge in [-0.3, -0.25) is 4.90 Å². The Hall–Kier alpha value is -0.0900. The van der Waals surface area contributed by atoms with Gasteiger partial charge in [0.2, 0.25) is 0 Å². The fourth-order valence-corrected chi connectivity index (χ4v) is 3.34. The van der Waals surface area contributed by atoms with Crippen LogP contribution in [0.4, 0.5) is 0 Å². The van der Waals surface area contributed by atoms with E-state index in [4.69, 9.17) is 0 Å². The monoisotopic (exact) mass is 288 g/mol. The number of hydrogen-bond acceptors (Lipinski definition) is 3. The molecular formula is C14H25ClN2S. The highest BCUT2D eigenvalue weighted by atomic mass is 35.5. The summed E-state index contributed by atoms with van der Waals surface area (Å²) in [7, 11) is 2.26. The molecule has 1 atom stereocenters. The first-order valence-corrected chi connectivity index (χ1v) is 7.59. The maximum atomic E-state index is 3.44. The van der Waals surface area contributed by atoms with Gasteiger partial charge in [0.05, 0.1) is 0 Å². The number of nitrogens with zero attached hydrogens (tertiary/aromatic N) is 1. The van der Waals surface area contributed by atoms with Crippen LogP contribution in [-0.4, -0.2) is 31.6 Å². The average Bonchev–Trinajstić information content (AvgIpc) is 2.90. The molecule has 0 aromatic carbocycles. The Morgan fingerprint density at radius 1 is 1.44 bits per heavy atom. The summed E-state index contributed by atoms with van der Waals surface area (Å²) in [5, 5.41) is 5.61. The summed E-state index contributed by atoms with van der Waals surface area (Å²) in [5.74, 6) is 0.939. The van der Waals surface area contributed by atoms with Crippen LogP contribution in [0.25, 0.3) is 0 Å². The van der Waals surface area contributed by atoms with Crippen molar-refractivity contribution in [2.45, 2.75) is 32.2 Å². The van der Waals surface area contributed by atoms with Gasteiger partial charge in [-0.2, -0.15) is 0 Å². The van der Waals surface area contributed by atoms with Gasteiger partial charge >= 0.3 is 0 Å². The van der Waals surface area contributed by atoms with E-state index in [0.29, 0.717) is 6.04 Å². The smallest absolute Gasteiger partial charge is 0.0410 e. The molecule has 0 amide bonds. The lowest BCUT2D eigenvalue weighted by molar-refractivity contribution is 0.228. The number of halogens is 1. The third-order valence-electron chi connectivity index (χ3n) is 3.96. The summed E-state index contributed by atoms with van der Waals surface area (Å²) in [6.07, 6.45) is 4.08. The van der Waals surface area contributed by atoms with E-state index in [9.17, 15) is 0 Å². The normalized spacial score (nSPS) is 18.6. The van der Waals surface area contributed by atoms with Crippen molar-refractivity contribution in [1.29, 1.82) is 0 Å². The average molecular weight is 289 g/mol. The third-order valence-corrected chi connectivity index (χ3v) is 5.01. The van der Waals surface area contributed by atoms with Gasteiger partial charge in [-0.25, -0.2) is 0 Å². The molecule has 1 aliphatic rings. The fraction of sp³-hybridized carbons (Fsp3) is 0.714. The van der Waals surface area contributed by atoms with Crippen LogP contribution in [0.15, 0.2) is 17.5 Å². The van der Waals surface area contributed by atoms with Crippen molar-refractivity contribution in [1.82, 2.24) is 10.2 Å². The first kappa shape index (κ1) is 16.0. The van der Waals surface area contributed by atoms with Crippen LogP contribution in [0.2, 0.25) is 0 Å². The van der Waals surface area contributed by atoms with E-state index < -0.39 is 0 Å². The van der Waals surface area contributed by atoms with Crippen molar-refractivity contribution in [3.8, 4) is 0 Å². The Morgan fingerprint density at radius 3 is 2.78 bits per heavy atom. The number of piperidine rings is 1. The van der Waals surface area contributed by atoms with Crippen LogP contribution >= 0.6 is 23.7 Å². The third kappa shape index (κ3) is 4.54. The predicted octanol–water partition coefficient (Wildman–Crippen LogP) is 3.55. The molecular weight excluding hydrogens is 264 g/mol. The van der Waals surface area contributed by atoms with Crippen molar-refractivity contribution >= 4 is 23.7 Å². The number of hydrogen-bond donors (Lipinski definition) is 1. The number of rotatable bonds is 5.